The molecule has 0 bridgehead atoms. The Labute approximate surface area is 170 Å². The number of aryl methyl sites for hydroxylation is 2. The van der Waals surface area contributed by atoms with Crippen LogP contribution in [0.15, 0.2) is 60.8 Å². The van der Waals surface area contributed by atoms with Gasteiger partial charge in [-0.25, -0.2) is 0 Å². The molecular formula is C24H23N3O2. The predicted molar refractivity (Wildman–Crippen MR) is 115 cm³/mol. The van der Waals surface area contributed by atoms with Crippen molar-refractivity contribution in [2.24, 2.45) is 0 Å². The van der Waals surface area contributed by atoms with Crippen molar-refractivity contribution in [1.82, 2.24) is 4.98 Å². The molecule has 1 aliphatic heterocycles. The molecule has 1 aromatic heterocycles. The molecule has 1 N–H and O–H groups in total. The summed E-state index contributed by atoms with van der Waals surface area (Å²) in [6, 6.07) is 17.0. The zero-order valence-electron chi connectivity index (χ0n) is 16.8. The topological polar surface area (TPSA) is 62.3 Å². The molecule has 0 fully saturated rings. The molecule has 0 saturated heterocycles. The summed E-state index contributed by atoms with van der Waals surface area (Å²) in [5.41, 5.74) is 5.62. The van der Waals surface area contributed by atoms with Crippen molar-refractivity contribution in [1.29, 1.82) is 0 Å². The Morgan fingerprint density at radius 1 is 1.03 bits per heavy atom. The van der Waals surface area contributed by atoms with Crippen LogP contribution in [0.2, 0.25) is 0 Å². The van der Waals surface area contributed by atoms with E-state index in [2.05, 4.69) is 10.3 Å². The van der Waals surface area contributed by atoms with Crippen LogP contribution in [0, 0.1) is 13.8 Å². The Bertz CT molecular complexity index is 1090. The fraction of sp³-hybridized carbons (Fsp3) is 0.208. The lowest BCUT2D eigenvalue weighted by molar-refractivity contribution is 0.0976. The molecule has 146 valence electrons. The van der Waals surface area contributed by atoms with Gasteiger partial charge in [-0.1, -0.05) is 24.3 Å². The van der Waals surface area contributed by atoms with Gasteiger partial charge in [-0.05, 0) is 74.2 Å². The lowest BCUT2D eigenvalue weighted by Gasteiger charge is -2.22. The van der Waals surface area contributed by atoms with Gasteiger partial charge in [0.05, 0.1) is 0 Å². The monoisotopic (exact) mass is 385 g/mol. The number of anilines is 2. The van der Waals surface area contributed by atoms with E-state index in [1.165, 1.54) is 6.20 Å². The Hall–Kier alpha value is -3.47. The summed E-state index contributed by atoms with van der Waals surface area (Å²) in [5, 5.41) is 2.91. The molecule has 1 unspecified atom stereocenters. The molecular weight excluding hydrogens is 362 g/mol. The average molecular weight is 385 g/mol. The standard InChI is InChI=1S/C24H23N3O2/c1-15-10-16(2)12-20(11-15)26-23(28)19-8-9-25-21(14-19)24(29)27-17(3)13-18-6-4-5-7-22(18)27/h4-12,14,17H,13H2,1-3H3,(H,26,28). The number of aromatic nitrogens is 1. The number of amides is 2. The van der Waals surface area contributed by atoms with Gasteiger partial charge in [0.2, 0.25) is 0 Å². The molecule has 1 atom stereocenters. The van der Waals surface area contributed by atoms with Crippen molar-refractivity contribution in [2.45, 2.75) is 33.2 Å². The van der Waals surface area contributed by atoms with Crippen LogP contribution in [0.5, 0.6) is 0 Å². The van der Waals surface area contributed by atoms with Crippen LogP contribution < -0.4 is 10.2 Å². The van der Waals surface area contributed by atoms with Crippen LogP contribution in [0.1, 0.15) is 44.5 Å². The summed E-state index contributed by atoms with van der Waals surface area (Å²) in [4.78, 5) is 31.9. The molecule has 5 nitrogen and oxygen atoms in total. The summed E-state index contributed by atoms with van der Waals surface area (Å²) in [6.45, 7) is 6.00. The van der Waals surface area contributed by atoms with Crippen molar-refractivity contribution in [3.63, 3.8) is 0 Å². The van der Waals surface area contributed by atoms with Gasteiger partial charge in [-0.2, -0.15) is 0 Å². The number of pyridine rings is 1. The molecule has 1 aliphatic rings. The van der Waals surface area contributed by atoms with E-state index >= 15 is 0 Å². The van der Waals surface area contributed by atoms with E-state index in [4.69, 9.17) is 0 Å². The number of para-hydroxylation sites is 1. The molecule has 2 amide bonds. The van der Waals surface area contributed by atoms with Gasteiger partial charge < -0.3 is 10.2 Å². The Morgan fingerprint density at radius 2 is 1.76 bits per heavy atom. The van der Waals surface area contributed by atoms with Crippen LogP contribution >= 0.6 is 0 Å². The second kappa shape index (κ2) is 7.51. The minimum atomic E-state index is -0.263. The first-order valence-corrected chi connectivity index (χ1v) is 9.69. The molecule has 0 saturated carbocycles. The molecule has 3 aromatic rings. The maximum atomic E-state index is 13.2. The normalized spacial score (nSPS) is 15.1. The summed E-state index contributed by atoms with van der Waals surface area (Å²) < 4.78 is 0. The number of fused-ring (bicyclic) bond motifs is 1. The van der Waals surface area contributed by atoms with Gasteiger partial charge in [0, 0.05) is 29.2 Å². The van der Waals surface area contributed by atoms with Crippen molar-refractivity contribution in [2.75, 3.05) is 10.2 Å². The van der Waals surface area contributed by atoms with Gasteiger partial charge in [0.1, 0.15) is 5.69 Å². The maximum Gasteiger partial charge on any atom is 0.277 e. The Balaban J connectivity index is 1.59. The average Bonchev–Trinajstić information content (AvgIpc) is 3.02. The number of hydrogen-bond acceptors (Lipinski definition) is 3. The fourth-order valence-electron chi connectivity index (χ4n) is 3.94. The van der Waals surface area contributed by atoms with Crippen LogP contribution in [0.25, 0.3) is 0 Å². The SMILES string of the molecule is Cc1cc(C)cc(NC(=O)c2ccnc(C(=O)N3c4ccccc4CC3C)c2)c1. The zero-order chi connectivity index (χ0) is 20.5. The van der Waals surface area contributed by atoms with E-state index in [0.29, 0.717) is 5.56 Å². The molecule has 4 rings (SSSR count). The largest absolute Gasteiger partial charge is 0.322 e. The fourth-order valence-corrected chi connectivity index (χ4v) is 3.94. The third-order valence-corrected chi connectivity index (χ3v) is 5.15. The molecule has 0 radical (unpaired) electrons. The minimum Gasteiger partial charge on any atom is -0.322 e. The summed E-state index contributed by atoms with van der Waals surface area (Å²) in [7, 11) is 0. The van der Waals surface area contributed by atoms with E-state index in [1.807, 2.05) is 63.2 Å². The second-order valence-electron chi connectivity index (χ2n) is 7.62. The first kappa shape index (κ1) is 18.9. The minimum absolute atomic E-state index is 0.0504. The highest BCUT2D eigenvalue weighted by Gasteiger charge is 2.32. The Morgan fingerprint density at radius 3 is 2.52 bits per heavy atom. The summed E-state index contributed by atoms with van der Waals surface area (Å²) in [6.07, 6.45) is 2.32. The lowest BCUT2D eigenvalue weighted by atomic mass is 10.1. The van der Waals surface area contributed by atoms with E-state index in [9.17, 15) is 9.59 Å². The molecule has 5 heteroatoms. The first-order valence-electron chi connectivity index (χ1n) is 9.69. The molecule has 0 spiro atoms. The summed E-state index contributed by atoms with van der Waals surface area (Å²) in [5.74, 6) is -0.454. The highest BCUT2D eigenvalue weighted by atomic mass is 16.2. The third kappa shape index (κ3) is 3.76. The number of carbonyl (C=O) groups is 2. The smallest absolute Gasteiger partial charge is 0.277 e. The summed E-state index contributed by atoms with van der Waals surface area (Å²) >= 11 is 0. The van der Waals surface area contributed by atoms with Crippen molar-refractivity contribution < 1.29 is 9.59 Å². The Kier molecular flexibility index (Phi) is 4.89. The van der Waals surface area contributed by atoms with Gasteiger partial charge in [0.15, 0.2) is 0 Å². The van der Waals surface area contributed by atoms with Gasteiger partial charge >= 0.3 is 0 Å². The number of benzene rings is 2. The number of hydrogen-bond donors (Lipinski definition) is 1. The second-order valence-corrected chi connectivity index (χ2v) is 7.62. The number of nitrogens with one attached hydrogen (secondary N) is 1. The number of rotatable bonds is 3. The van der Waals surface area contributed by atoms with Crippen molar-refractivity contribution >= 4 is 23.2 Å². The van der Waals surface area contributed by atoms with Gasteiger partial charge in [-0.3, -0.25) is 14.6 Å². The number of carbonyl (C=O) groups excluding carboxylic acids is 2. The van der Waals surface area contributed by atoms with E-state index in [0.717, 1.165) is 34.5 Å². The molecule has 2 aromatic carbocycles. The molecule has 29 heavy (non-hydrogen) atoms. The lowest BCUT2D eigenvalue weighted by Crippen LogP contribution is -2.36. The maximum absolute atomic E-state index is 13.2. The van der Waals surface area contributed by atoms with Crippen molar-refractivity contribution in [3.05, 3.63) is 88.7 Å². The predicted octanol–water partition coefficient (Wildman–Crippen LogP) is 4.54. The first-order chi connectivity index (χ1) is 13.9. The molecule has 2 heterocycles. The highest BCUT2D eigenvalue weighted by Crippen LogP contribution is 2.32. The quantitative estimate of drug-likeness (QED) is 0.720. The van der Waals surface area contributed by atoms with E-state index < -0.39 is 0 Å². The van der Waals surface area contributed by atoms with E-state index in [-0.39, 0.29) is 23.6 Å². The van der Waals surface area contributed by atoms with Gasteiger partial charge in [0.25, 0.3) is 11.8 Å². The van der Waals surface area contributed by atoms with Gasteiger partial charge in [-0.15, -0.1) is 0 Å². The number of nitrogens with zero attached hydrogens (tertiary/aromatic N) is 2. The molecule has 0 aliphatic carbocycles. The van der Waals surface area contributed by atoms with Crippen LogP contribution in [-0.4, -0.2) is 22.8 Å². The van der Waals surface area contributed by atoms with Crippen LogP contribution in [0.4, 0.5) is 11.4 Å². The van der Waals surface area contributed by atoms with Crippen LogP contribution in [-0.2, 0) is 6.42 Å². The highest BCUT2D eigenvalue weighted by molar-refractivity contribution is 6.09. The van der Waals surface area contributed by atoms with Crippen molar-refractivity contribution in [3.8, 4) is 0 Å². The van der Waals surface area contributed by atoms with E-state index in [1.54, 1.807) is 17.0 Å². The third-order valence-electron chi connectivity index (χ3n) is 5.15. The zero-order valence-corrected chi connectivity index (χ0v) is 16.8. The van der Waals surface area contributed by atoms with Crippen LogP contribution in [0.3, 0.4) is 0 Å².